The van der Waals surface area contributed by atoms with Gasteiger partial charge in [-0.3, -0.25) is 0 Å². The summed E-state index contributed by atoms with van der Waals surface area (Å²) in [6.45, 7) is 2.13. The Morgan fingerprint density at radius 3 is 2.80 bits per heavy atom. The maximum Gasteiger partial charge on any atom is 0.127 e. The van der Waals surface area contributed by atoms with Crippen molar-refractivity contribution < 1.29 is 9.84 Å². The highest BCUT2D eigenvalue weighted by atomic mass is 35.5. The van der Waals surface area contributed by atoms with Crippen LogP contribution in [-0.4, -0.2) is 5.11 Å². The van der Waals surface area contributed by atoms with Gasteiger partial charge in [0, 0.05) is 17.0 Å². The average Bonchev–Trinajstić information content (AvgIpc) is 2.47. The predicted molar refractivity (Wildman–Crippen MR) is 80.2 cm³/mol. The lowest BCUT2D eigenvalue weighted by atomic mass is 9.92. The van der Waals surface area contributed by atoms with Crippen LogP contribution in [0.3, 0.4) is 0 Å². The van der Waals surface area contributed by atoms with Crippen LogP contribution in [0.1, 0.15) is 42.2 Å². The second-order valence-electron chi connectivity index (χ2n) is 5.09. The molecule has 2 unspecified atom stereocenters. The number of aliphatic hydroxyl groups excluding tert-OH is 1. The van der Waals surface area contributed by atoms with E-state index in [1.165, 1.54) is 5.56 Å². The summed E-state index contributed by atoms with van der Waals surface area (Å²) in [6, 6.07) is 13.7. The van der Waals surface area contributed by atoms with Crippen LogP contribution in [0.4, 0.5) is 0 Å². The van der Waals surface area contributed by atoms with Crippen LogP contribution in [0, 0.1) is 0 Å². The average molecular weight is 289 g/mol. The molecule has 0 bridgehead atoms. The van der Waals surface area contributed by atoms with Crippen LogP contribution < -0.4 is 4.74 Å². The summed E-state index contributed by atoms with van der Waals surface area (Å²) in [5.74, 6) is 0.726. The van der Waals surface area contributed by atoms with Gasteiger partial charge in [0.1, 0.15) is 11.9 Å². The topological polar surface area (TPSA) is 29.5 Å². The number of fused-ring (bicyclic) bond motifs is 1. The summed E-state index contributed by atoms with van der Waals surface area (Å²) in [4.78, 5) is 0. The van der Waals surface area contributed by atoms with Gasteiger partial charge in [-0.25, -0.2) is 0 Å². The fraction of sp³-hybridized carbons (Fsp3) is 0.294. The molecule has 0 fully saturated rings. The van der Waals surface area contributed by atoms with Gasteiger partial charge >= 0.3 is 0 Å². The maximum atomic E-state index is 10.3. The SMILES string of the molecule is CCc1ccccc1C1CC(O)c2cc(Cl)ccc2O1. The maximum absolute atomic E-state index is 10.3. The van der Waals surface area contributed by atoms with Gasteiger partial charge in [0.05, 0.1) is 6.10 Å². The molecule has 20 heavy (non-hydrogen) atoms. The standard InChI is InChI=1S/C17H17ClO2/c1-2-11-5-3-4-6-13(11)17-10-15(19)14-9-12(18)7-8-16(14)20-17/h3-9,15,17,19H,2,10H2,1H3. The third-order valence-electron chi connectivity index (χ3n) is 3.82. The van der Waals surface area contributed by atoms with E-state index in [1.54, 1.807) is 12.1 Å². The lowest BCUT2D eigenvalue weighted by Gasteiger charge is -2.31. The van der Waals surface area contributed by atoms with Gasteiger partial charge in [-0.15, -0.1) is 0 Å². The number of aliphatic hydroxyl groups is 1. The Hall–Kier alpha value is -1.51. The van der Waals surface area contributed by atoms with E-state index in [0.717, 1.165) is 23.3 Å². The number of aryl methyl sites for hydroxylation is 1. The molecule has 3 rings (SSSR count). The molecule has 104 valence electrons. The molecule has 0 spiro atoms. The summed E-state index contributed by atoms with van der Waals surface area (Å²) in [7, 11) is 0. The van der Waals surface area contributed by atoms with Crippen molar-refractivity contribution in [1.82, 2.24) is 0 Å². The first-order chi connectivity index (χ1) is 9.69. The van der Waals surface area contributed by atoms with Crippen LogP contribution in [0.2, 0.25) is 5.02 Å². The Balaban J connectivity index is 1.97. The fourth-order valence-electron chi connectivity index (χ4n) is 2.78. The van der Waals surface area contributed by atoms with Crippen molar-refractivity contribution >= 4 is 11.6 Å². The quantitative estimate of drug-likeness (QED) is 0.884. The molecule has 1 aliphatic rings. The molecule has 1 aliphatic heterocycles. The first kappa shape index (κ1) is 13.5. The van der Waals surface area contributed by atoms with Crippen molar-refractivity contribution in [3.63, 3.8) is 0 Å². The minimum Gasteiger partial charge on any atom is -0.485 e. The summed E-state index contributed by atoms with van der Waals surface area (Å²) in [5, 5.41) is 11.0. The molecule has 2 aromatic carbocycles. The molecular formula is C17H17ClO2. The lowest BCUT2D eigenvalue weighted by Crippen LogP contribution is -2.20. The number of ether oxygens (including phenoxy) is 1. The van der Waals surface area contributed by atoms with E-state index in [-0.39, 0.29) is 6.10 Å². The Morgan fingerprint density at radius 2 is 2.00 bits per heavy atom. The van der Waals surface area contributed by atoms with Crippen LogP contribution in [-0.2, 0) is 6.42 Å². The zero-order valence-corrected chi connectivity index (χ0v) is 12.1. The zero-order chi connectivity index (χ0) is 14.1. The van der Waals surface area contributed by atoms with Gasteiger partial charge in [-0.1, -0.05) is 42.8 Å². The number of hydrogen-bond acceptors (Lipinski definition) is 2. The fourth-order valence-corrected chi connectivity index (χ4v) is 2.96. The minimum atomic E-state index is -0.535. The van der Waals surface area contributed by atoms with Crippen LogP contribution in [0.25, 0.3) is 0 Å². The van der Waals surface area contributed by atoms with Crippen molar-refractivity contribution in [3.8, 4) is 5.75 Å². The molecule has 0 aliphatic carbocycles. The molecule has 2 atom stereocenters. The molecule has 1 N–H and O–H groups in total. The molecular weight excluding hydrogens is 272 g/mol. The molecule has 0 aromatic heterocycles. The highest BCUT2D eigenvalue weighted by Gasteiger charge is 2.29. The lowest BCUT2D eigenvalue weighted by molar-refractivity contribution is 0.0653. The summed E-state index contributed by atoms with van der Waals surface area (Å²) in [5.41, 5.74) is 3.21. The summed E-state index contributed by atoms with van der Waals surface area (Å²) < 4.78 is 6.07. The third kappa shape index (κ3) is 2.41. The van der Waals surface area contributed by atoms with Crippen molar-refractivity contribution in [2.45, 2.75) is 32.0 Å². The van der Waals surface area contributed by atoms with Gasteiger partial charge in [-0.2, -0.15) is 0 Å². The second-order valence-corrected chi connectivity index (χ2v) is 5.53. The summed E-state index contributed by atoms with van der Waals surface area (Å²) >= 11 is 5.98. The van der Waals surface area contributed by atoms with Crippen molar-refractivity contribution in [2.24, 2.45) is 0 Å². The molecule has 2 nitrogen and oxygen atoms in total. The Labute approximate surface area is 124 Å². The van der Waals surface area contributed by atoms with E-state index in [2.05, 4.69) is 19.1 Å². The number of halogens is 1. The second kappa shape index (κ2) is 5.47. The molecule has 0 saturated carbocycles. The predicted octanol–water partition coefficient (Wildman–Crippen LogP) is 4.46. The first-order valence-electron chi connectivity index (χ1n) is 6.91. The van der Waals surface area contributed by atoms with E-state index < -0.39 is 6.10 Å². The Kier molecular flexibility index (Phi) is 3.68. The van der Waals surface area contributed by atoms with Gasteiger partial charge in [0.25, 0.3) is 0 Å². The molecule has 1 heterocycles. The normalized spacial score (nSPS) is 21.1. The Morgan fingerprint density at radius 1 is 1.20 bits per heavy atom. The van der Waals surface area contributed by atoms with Gasteiger partial charge in [-0.05, 0) is 35.7 Å². The van der Waals surface area contributed by atoms with Gasteiger partial charge in [0.15, 0.2) is 0 Å². The van der Waals surface area contributed by atoms with E-state index in [4.69, 9.17) is 16.3 Å². The number of hydrogen-bond donors (Lipinski definition) is 1. The van der Waals surface area contributed by atoms with E-state index in [9.17, 15) is 5.11 Å². The van der Waals surface area contributed by atoms with E-state index in [1.807, 2.05) is 18.2 Å². The largest absolute Gasteiger partial charge is 0.485 e. The van der Waals surface area contributed by atoms with Gasteiger partial charge < -0.3 is 9.84 Å². The highest BCUT2D eigenvalue weighted by Crippen LogP contribution is 2.42. The molecule has 0 amide bonds. The third-order valence-corrected chi connectivity index (χ3v) is 4.06. The smallest absolute Gasteiger partial charge is 0.127 e. The van der Waals surface area contributed by atoms with Crippen molar-refractivity contribution in [3.05, 3.63) is 64.2 Å². The van der Waals surface area contributed by atoms with Crippen LogP contribution in [0.5, 0.6) is 5.75 Å². The van der Waals surface area contributed by atoms with Crippen molar-refractivity contribution in [1.29, 1.82) is 0 Å². The van der Waals surface area contributed by atoms with Crippen LogP contribution >= 0.6 is 11.6 Å². The van der Waals surface area contributed by atoms with Crippen molar-refractivity contribution in [2.75, 3.05) is 0 Å². The van der Waals surface area contributed by atoms with Crippen LogP contribution in [0.15, 0.2) is 42.5 Å². The monoisotopic (exact) mass is 288 g/mol. The van der Waals surface area contributed by atoms with Gasteiger partial charge in [0.2, 0.25) is 0 Å². The zero-order valence-electron chi connectivity index (χ0n) is 11.3. The molecule has 0 radical (unpaired) electrons. The highest BCUT2D eigenvalue weighted by molar-refractivity contribution is 6.30. The summed E-state index contributed by atoms with van der Waals surface area (Å²) in [6.07, 6.45) is 0.881. The van der Waals surface area contributed by atoms with E-state index >= 15 is 0 Å². The molecule has 2 aromatic rings. The van der Waals surface area contributed by atoms with E-state index in [0.29, 0.717) is 11.4 Å². The number of benzene rings is 2. The molecule has 3 heteroatoms. The Bertz CT molecular complexity index is 624. The minimum absolute atomic E-state index is 0.102. The molecule has 0 saturated heterocycles. The number of rotatable bonds is 2. The first-order valence-corrected chi connectivity index (χ1v) is 7.28.